The summed E-state index contributed by atoms with van der Waals surface area (Å²) in [6.07, 6.45) is 1.44. The molecule has 0 radical (unpaired) electrons. The lowest BCUT2D eigenvalue weighted by Crippen LogP contribution is -2.53. The molecule has 216 valence electrons. The lowest BCUT2D eigenvalue weighted by molar-refractivity contribution is -0.134. The topological polar surface area (TPSA) is 106 Å². The van der Waals surface area contributed by atoms with Crippen molar-refractivity contribution in [3.63, 3.8) is 0 Å². The SMILES string of the molecule is CCN1C(=O)C2=C(CC1(C)C)OC1=C(C(=O)CC(C)(C)C1)[C@@H]2c1c(OC)ccc(-c2ccc(C)c(C(=O)O)n2)c1C. The molecule has 3 heterocycles. The van der Waals surface area contributed by atoms with Gasteiger partial charge in [-0.05, 0) is 69.4 Å². The summed E-state index contributed by atoms with van der Waals surface area (Å²) in [6.45, 7) is 14.3. The van der Waals surface area contributed by atoms with E-state index in [-0.39, 0.29) is 22.8 Å². The van der Waals surface area contributed by atoms with Gasteiger partial charge in [0.1, 0.15) is 17.3 Å². The number of carbonyl (C=O) groups excluding carboxylic acids is 2. The molecule has 5 rings (SSSR count). The molecule has 2 aromatic rings. The minimum Gasteiger partial charge on any atom is -0.496 e. The van der Waals surface area contributed by atoms with Crippen LogP contribution >= 0.6 is 0 Å². The van der Waals surface area contributed by atoms with Crippen LogP contribution < -0.4 is 4.74 Å². The number of aromatic nitrogens is 1. The number of Topliss-reactive ketones (excluding diaryl/α,β-unsaturated/α-hetero) is 1. The number of rotatable bonds is 5. The number of likely N-dealkylation sites (N-methyl/N-ethyl adjacent to an activating group) is 1. The van der Waals surface area contributed by atoms with Crippen molar-refractivity contribution in [1.29, 1.82) is 0 Å². The number of amides is 1. The van der Waals surface area contributed by atoms with Crippen LogP contribution in [0.3, 0.4) is 0 Å². The van der Waals surface area contributed by atoms with Gasteiger partial charge in [0.05, 0.1) is 24.3 Å². The fourth-order valence-electron chi connectivity index (χ4n) is 6.76. The molecule has 0 unspecified atom stereocenters. The van der Waals surface area contributed by atoms with Gasteiger partial charge < -0.3 is 19.5 Å². The number of hydrogen-bond acceptors (Lipinski definition) is 6. The molecule has 41 heavy (non-hydrogen) atoms. The highest BCUT2D eigenvalue weighted by Gasteiger charge is 2.51. The van der Waals surface area contributed by atoms with Crippen molar-refractivity contribution in [1.82, 2.24) is 9.88 Å². The molecular weight excluding hydrogens is 520 g/mol. The summed E-state index contributed by atoms with van der Waals surface area (Å²) in [7, 11) is 1.57. The van der Waals surface area contributed by atoms with Gasteiger partial charge in [0.25, 0.3) is 5.91 Å². The highest BCUT2D eigenvalue weighted by atomic mass is 16.5. The zero-order valence-electron chi connectivity index (χ0n) is 25.1. The van der Waals surface area contributed by atoms with Crippen molar-refractivity contribution in [2.24, 2.45) is 5.41 Å². The Kier molecular flexibility index (Phi) is 6.87. The maximum absolute atomic E-state index is 14.3. The molecule has 8 nitrogen and oxygen atoms in total. The van der Waals surface area contributed by atoms with Crippen LogP contribution in [-0.2, 0) is 14.3 Å². The molecule has 2 aliphatic heterocycles. The second kappa shape index (κ2) is 9.86. The van der Waals surface area contributed by atoms with Gasteiger partial charge in [-0.15, -0.1) is 0 Å². The maximum atomic E-state index is 14.3. The first-order valence-electron chi connectivity index (χ1n) is 14.1. The molecule has 3 aliphatic rings. The number of aryl methyl sites for hydroxylation is 1. The van der Waals surface area contributed by atoms with Crippen LogP contribution in [0.1, 0.15) is 87.0 Å². The number of benzene rings is 1. The first kappa shape index (κ1) is 28.6. The van der Waals surface area contributed by atoms with Gasteiger partial charge in [0, 0.05) is 48.0 Å². The number of methoxy groups -OCH3 is 1. The number of carbonyl (C=O) groups is 3. The van der Waals surface area contributed by atoms with E-state index < -0.39 is 17.4 Å². The van der Waals surface area contributed by atoms with Gasteiger partial charge in [-0.2, -0.15) is 0 Å². The van der Waals surface area contributed by atoms with E-state index in [4.69, 9.17) is 9.47 Å². The number of pyridine rings is 1. The predicted molar refractivity (Wildman–Crippen MR) is 155 cm³/mol. The van der Waals surface area contributed by atoms with Gasteiger partial charge in [0.15, 0.2) is 11.5 Å². The monoisotopic (exact) mass is 558 g/mol. The number of carboxylic acid groups (broad SMARTS) is 1. The lowest BCUT2D eigenvalue weighted by atomic mass is 9.67. The summed E-state index contributed by atoms with van der Waals surface area (Å²) in [5.74, 6) is -0.210. The summed E-state index contributed by atoms with van der Waals surface area (Å²) in [5, 5.41) is 9.71. The average Bonchev–Trinajstić information content (AvgIpc) is 2.86. The fraction of sp³-hybridized carbons (Fsp3) is 0.455. The first-order chi connectivity index (χ1) is 19.2. The Labute approximate surface area is 241 Å². The van der Waals surface area contributed by atoms with E-state index in [0.717, 1.165) is 5.56 Å². The van der Waals surface area contributed by atoms with Gasteiger partial charge in [-0.25, -0.2) is 9.78 Å². The third-order valence-corrected chi connectivity index (χ3v) is 8.68. The number of nitrogens with zero attached hydrogens (tertiary/aromatic N) is 2. The molecule has 1 aromatic heterocycles. The third kappa shape index (κ3) is 4.63. The molecule has 0 saturated heterocycles. The number of allylic oxidation sites excluding steroid dienone is 2. The molecule has 0 spiro atoms. The van der Waals surface area contributed by atoms with Crippen molar-refractivity contribution >= 4 is 17.7 Å². The van der Waals surface area contributed by atoms with E-state index in [1.165, 1.54) is 0 Å². The van der Waals surface area contributed by atoms with Crippen LogP contribution in [0.15, 0.2) is 46.9 Å². The molecule has 1 aliphatic carbocycles. The van der Waals surface area contributed by atoms with Crippen molar-refractivity contribution in [2.75, 3.05) is 13.7 Å². The fourth-order valence-corrected chi connectivity index (χ4v) is 6.76. The maximum Gasteiger partial charge on any atom is 0.354 e. The van der Waals surface area contributed by atoms with E-state index in [0.29, 0.717) is 76.6 Å². The highest BCUT2D eigenvalue weighted by Crippen LogP contribution is 2.54. The molecule has 0 fully saturated rings. The molecule has 1 aromatic carbocycles. The number of ketones is 1. The van der Waals surface area contributed by atoms with Crippen molar-refractivity contribution in [2.45, 2.75) is 79.2 Å². The first-order valence-corrected chi connectivity index (χ1v) is 14.1. The zero-order valence-corrected chi connectivity index (χ0v) is 25.1. The van der Waals surface area contributed by atoms with E-state index in [1.807, 2.05) is 44.7 Å². The molecule has 0 bridgehead atoms. The summed E-state index contributed by atoms with van der Waals surface area (Å²) in [6, 6.07) is 7.19. The molecule has 1 atom stereocenters. The Morgan fingerprint density at radius 3 is 2.37 bits per heavy atom. The second-order valence-corrected chi connectivity index (χ2v) is 12.7. The highest BCUT2D eigenvalue weighted by molar-refractivity contribution is 6.06. The summed E-state index contributed by atoms with van der Waals surface area (Å²) in [4.78, 5) is 46.3. The average molecular weight is 559 g/mol. The van der Waals surface area contributed by atoms with E-state index in [9.17, 15) is 19.5 Å². The number of ether oxygens (including phenoxy) is 2. The number of carboxylic acids is 1. The summed E-state index contributed by atoms with van der Waals surface area (Å²) < 4.78 is 12.4. The van der Waals surface area contributed by atoms with Gasteiger partial charge in [0.2, 0.25) is 0 Å². The van der Waals surface area contributed by atoms with E-state index in [1.54, 1.807) is 26.2 Å². The summed E-state index contributed by atoms with van der Waals surface area (Å²) >= 11 is 0. The van der Waals surface area contributed by atoms with Crippen LogP contribution in [0.2, 0.25) is 0 Å². The minimum atomic E-state index is -1.10. The number of hydrogen-bond donors (Lipinski definition) is 1. The Bertz CT molecular complexity index is 1560. The minimum absolute atomic E-state index is 0.0201. The second-order valence-electron chi connectivity index (χ2n) is 12.7. The molecule has 1 N–H and O–H groups in total. The Morgan fingerprint density at radius 2 is 1.73 bits per heavy atom. The van der Waals surface area contributed by atoms with Crippen molar-refractivity contribution < 1.29 is 29.0 Å². The molecule has 0 saturated carbocycles. The molecule has 1 amide bonds. The standard InChI is InChI=1S/C33H38N2O6/c1-9-35-30(37)27-24(16-33(35,6)7)41-23-15-32(4,5)14-21(36)26(23)28(27)25-18(3)19(11-13-22(25)40-8)20-12-10-17(2)29(34-20)31(38)39/h10-13,28H,9,14-16H2,1-8H3,(H,38,39)/t28-/m0/s1. The smallest absolute Gasteiger partial charge is 0.354 e. The van der Waals surface area contributed by atoms with Crippen LogP contribution in [0, 0.1) is 19.3 Å². The van der Waals surface area contributed by atoms with Crippen LogP contribution in [-0.4, -0.2) is 51.8 Å². The lowest BCUT2D eigenvalue weighted by Gasteiger charge is -2.48. The third-order valence-electron chi connectivity index (χ3n) is 8.68. The predicted octanol–water partition coefficient (Wildman–Crippen LogP) is 6.11. The Balaban J connectivity index is 1.81. The molecule has 8 heteroatoms. The van der Waals surface area contributed by atoms with E-state index >= 15 is 0 Å². The largest absolute Gasteiger partial charge is 0.496 e. The summed E-state index contributed by atoms with van der Waals surface area (Å²) in [5.41, 5.74) is 3.45. The van der Waals surface area contributed by atoms with Crippen molar-refractivity contribution in [3.05, 3.63) is 69.3 Å². The Hall–Kier alpha value is -3.94. The van der Waals surface area contributed by atoms with Crippen molar-refractivity contribution in [3.8, 4) is 17.0 Å². The van der Waals surface area contributed by atoms with Gasteiger partial charge >= 0.3 is 5.97 Å². The van der Waals surface area contributed by atoms with Crippen LogP contribution in [0.25, 0.3) is 11.3 Å². The van der Waals surface area contributed by atoms with Gasteiger partial charge in [-0.3, -0.25) is 9.59 Å². The Morgan fingerprint density at radius 1 is 1.05 bits per heavy atom. The van der Waals surface area contributed by atoms with Crippen LogP contribution in [0.4, 0.5) is 0 Å². The van der Waals surface area contributed by atoms with E-state index in [2.05, 4.69) is 18.8 Å². The van der Waals surface area contributed by atoms with Crippen LogP contribution in [0.5, 0.6) is 5.75 Å². The quantitative estimate of drug-likeness (QED) is 0.472. The normalized spacial score (nSPS) is 21.4. The van der Waals surface area contributed by atoms with Gasteiger partial charge in [-0.1, -0.05) is 19.9 Å². The zero-order chi connectivity index (χ0) is 30.0. The number of aromatic carboxylic acids is 1. The molecular formula is C33H38N2O6.